The van der Waals surface area contributed by atoms with Crippen molar-refractivity contribution >= 4 is 18.0 Å². The van der Waals surface area contributed by atoms with Crippen LogP contribution in [0.4, 0.5) is 0 Å². The average molecular weight is 292 g/mol. The number of carbonyl (C=O) groups excluding carboxylic acids is 1. The summed E-state index contributed by atoms with van der Waals surface area (Å²) in [5.74, 6) is 1.48. The number of carbonyl (C=O) groups is 1. The van der Waals surface area contributed by atoms with Crippen molar-refractivity contribution in [1.29, 1.82) is 0 Å². The van der Waals surface area contributed by atoms with Crippen molar-refractivity contribution in [2.75, 3.05) is 31.3 Å². The summed E-state index contributed by atoms with van der Waals surface area (Å²) in [4.78, 5) is 10.2. The predicted molar refractivity (Wildman–Crippen MR) is 79.8 cm³/mol. The lowest BCUT2D eigenvalue weighted by Crippen LogP contribution is -2.31. The van der Waals surface area contributed by atoms with E-state index in [1.54, 1.807) is 11.8 Å². The van der Waals surface area contributed by atoms with Crippen LogP contribution in [-0.4, -0.2) is 53.9 Å². The molecule has 19 heavy (non-hydrogen) atoms. The fourth-order valence-electron chi connectivity index (χ4n) is 1.49. The van der Waals surface area contributed by atoms with Gasteiger partial charge in [-0.2, -0.15) is 11.8 Å². The lowest BCUT2D eigenvalue weighted by atomic mass is 10.0. The number of hydrogen-bond donors (Lipinski definition) is 1. The topological polar surface area (TPSA) is 55.8 Å². The standard InChI is InChI=1S/C14H28O4S/c1-13(2,18-10-7-15)5-9-17-14(3,4)6-11-19-12-8-16/h8,15H,5-7,9-12H2,1-4H3. The van der Waals surface area contributed by atoms with Gasteiger partial charge in [0.05, 0.1) is 31.0 Å². The minimum absolute atomic E-state index is 0.0454. The van der Waals surface area contributed by atoms with Gasteiger partial charge >= 0.3 is 0 Å². The van der Waals surface area contributed by atoms with Gasteiger partial charge in [-0.15, -0.1) is 0 Å². The number of aliphatic hydroxyl groups excluding tert-OH is 1. The van der Waals surface area contributed by atoms with Crippen molar-refractivity contribution in [3.05, 3.63) is 0 Å². The number of rotatable bonds is 12. The van der Waals surface area contributed by atoms with Crippen molar-refractivity contribution in [2.45, 2.75) is 51.7 Å². The Labute approximate surface area is 121 Å². The van der Waals surface area contributed by atoms with Crippen molar-refractivity contribution in [1.82, 2.24) is 0 Å². The molecule has 0 unspecified atom stereocenters. The quantitative estimate of drug-likeness (QED) is 0.442. The van der Waals surface area contributed by atoms with Gasteiger partial charge in [0, 0.05) is 5.75 Å². The maximum atomic E-state index is 10.2. The molecule has 0 aliphatic heterocycles. The predicted octanol–water partition coefficient (Wildman–Crippen LogP) is 2.28. The highest BCUT2D eigenvalue weighted by Gasteiger charge is 2.22. The number of hydrogen-bond acceptors (Lipinski definition) is 5. The molecule has 0 aromatic rings. The Bertz CT molecular complexity index is 242. The maximum Gasteiger partial charge on any atom is 0.129 e. The fourth-order valence-corrected chi connectivity index (χ4v) is 2.39. The van der Waals surface area contributed by atoms with Gasteiger partial charge in [-0.3, -0.25) is 0 Å². The molecule has 4 nitrogen and oxygen atoms in total. The summed E-state index contributed by atoms with van der Waals surface area (Å²) in [5.41, 5.74) is -0.450. The largest absolute Gasteiger partial charge is 0.394 e. The zero-order chi connectivity index (χ0) is 14.8. The fraction of sp³-hybridized carbons (Fsp3) is 0.929. The van der Waals surface area contributed by atoms with Crippen LogP contribution in [0.15, 0.2) is 0 Å². The summed E-state index contributed by atoms with van der Waals surface area (Å²) in [6.45, 7) is 9.16. The van der Waals surface area contributed by atoms with Gasteiger partial charge < -0.3 is 19.4 Å². The van der Waals surface area contributed by atoms with Crippen molar-refractivity contribution in [2.24, 2.45) is 0 Å². The van der Waals surface area contributed by atoms with Crippen LogP contribution in [-0.2, 0) is 14.3 Å². The first-order valence-electron chi connectivity index (χ1n) is 6.73. The Balaban J connectivity index is 3.80. The maximum absolute atomic E-state index is 10.2. The van der Waals surface area contributed by atoms with Crippen LogP contribution in [0.25, 0.3) is 0 Å². The molecule has 0 heterocycles. The second kappa shape index (κ2) is 9.75. The molecule has 0 amide bonds. The molecule has 0 saturated heterocycles. The van der Waals surface area contributed by atoms with Crippen molar-refractivity contribution < 1.29 is 19.4 Å². The third-order valence-corrected chi connectivity index (χ3v) is 3.68. The van der Waals surface area contributed by atoms with E-state index in [0.29, 0.717) is 19.0 Å². The number of aliphatic hydroxyl groups is 1. The molecule has 0 aromatic heterocycles. The molecule has 0 rings (SSSR count). The van der Waals surface area contributed by atoms with E-state index < -0.39 is 0 Å². The molecule has 0 atom stereocenters. The second-order valence-corrected chi connectivity index (χ2v) is 6.83. The van der Waals surface area contributed by atoms with Crippen LogP contribution < -0.4 is 0 Å². The van der Waals surface area contributed by atoms with Gasteiger partial charge in [-0.25, -0.2) is 0 Å². The molecular formula is C14H28O4S. The normalized spacial score (nSPS) is 12.7. The summed E-state index contributed by atoms with van der Waals surface area (Å²) in [7, 11) is 0. The van der Waals surface area contributed by atoms with Crippen LogP contribution in [0.2, 0.25) is 0 Å². The Hall–Kier alpha value is -0.100. The molecule has 0 saturated carbocycles. The Morgan fingerprint density at radius 2 is 1.63 bits per heavy atom. The number of aldehydes is 1. The monoisotopic (exact) mass is 292 g/mol. The van der Waals surface area contributed by atoms with Gasteiger partial charge in [-0.1, -0.05) is 0 Å². The van der Waals surface area contributed by atoms with Gasteiger partial charge in [-0.05, 0) is 46.3 Å². The number of ether oxygens (including phenoxy) is 2. The first-order chi connectivity index (χ1) is 8.83. The van der Waals surface area contributed by atoms with Crippen molar-refractivity contribution in [3.8, 4) is 0 Å². The molecule has 0 aromatic carbocycles. The summed E-state index contributed by atoms with van der Waals surface area (Å²) < 4.78 is 11.4. The molecule has 0 fully saturated rings. The van der Waals surface area contributed by atoms with Crippen LogP contribution in [0, 0.1) is 0 Å². The van der Waals surface area contributed by atoms with E-state index in [2.05, 4.69) is 13.8 Å². The van der Waals surface area contributed by atoms with E-state index in [0.717, 1.165) is 24.9 Å². The lowest BCUT2D eigenvalue weighted by Gasteiger charge is -2.29. The second-order valence-electron chi connectivity index (χ2n) is 5.68. The molecule has 0 aliphatic rings. The highest BCUT2D eigenvalue weighted by Crippen LogP contribution is 2.21. The van der Waals surface area contributed by atoms with Crippen LogP contribution >= 0.6 is 11.8 Å². The molecule has 0 aliphatic carbocycles. The average Bonchev–Trinajstić information content (AvgIpc) is 2.32. The van der Waals surface area contributed by atoms with Gasteiger partial charge in [0.1, 0.15) is 6.29 Å². The van der Waals surface area contributed by atoms with Crippen LogP contribution in [0.3, 0.4) is 0 Å². The third kappa shape index (κ3) is 11.4. The molecule has 5 heteroatoms. The van der Waals surface area contributed by atoms with E-state index in [9.17, 15) is 4.79 Å². The van der Waals surface area contributed by atoms with Crippen LogP contribution in [0.1, 0.15) is 40.5 Å². The van der Waals surface area contributed by atoms with Gasteiger partial charge in [0.15, 0.2) is 0 Å². The van der Waals surface area contributed by atoms with Gasteiger partial charge in [0.2, 0.25) is 0 Å². The highest BCUT2D eigenvalue weighted by atomic mass is 32.2. The SMILES string of the molecule is CC(C)(CCOC(C)(C)CCSCC=O)OCCO. The number of thioether (sulfide) groups is 1. The molecule has 0 radical (unpaired) electrons. The Kier molecular flexibility index (Phi) is 9.70. The van der Waals surface area contributed by atoms with Crippen molar-refractivity contribution in [3.63, 3.8) is 0 Å². The zero-order valence-corrected chi connectivity index (χ0v) is 13.4. The summed E-state index contributed by atoms with van der Waals surface area (Å²) in [6.07, 6.45) is 2.64. The molecule has 0 spiro atoms. The van der Waals surface area contributed by atoms with E-state index in [-0.39, 0.29) is 17.8 Å². The summed E-state index contributed by atoms with van der Waals surface area (Å²) in [5, 5.41) is 8.74. The minimum Gasteiger partial charge on any atom is -0.394 e. The van der Waals surface area contributed by atoms with Crippen LogP contribution in [0.5, 0.6) is 0 Å². The van der Waals surface area contributed by atoms with E-state index in [1.807, 2.05) is 13.8 Å². The molecular weight excluding hydrogens is 264 g/mol. The Morgan fingerprint density at radius 1 is 1.05 bits per heavy atom. The first kappa shape index (κ1) is 18.9. The molecule has 0 bridgehead atoms. The van der Waals surface area contributed by atoms with E-state index in [4.69, 9.17) is 14.6 Å². The Morgan fingerprint density at radius 3 is 2.21 bits per heavy atom. The zero-order valence-electron chi connectivity index (χ0n) is 12.6. The first-order valence-corrected chi connectivity index (χ1v) is 7.88. The minimum atomic E-state index is -0.273. The van der Waals surface area contributed by atoms with E-state index in [1.165, 1.54) is 0 Å². The molecule has 114 valence electrons. The smallest absolute Gasteiger partial charge is 0.129 e. The van der Waals surface area contributed by atoms with Gasteiger partial charge in [0.25, 0.3) is 0 Å². The summed E-state index contributed by atoms with van der Waals surface area (Å²) in [6, 6.07) is 0. The van der Waals surface area contributed by atoms with E-state index >= 15 is 0 Å². The highest BCUT2D eigenvalue weighted by molar-refractivity contribution is 7.99. The third-order valence-electron chi connectivity index (χ3n) is 2.82. The lowest BCUT2D eigenvalue weighted by molar-refractivity contribution is -0.105. The molecule has 1 N–H and O–H groups in total. The summed E-state index contributed by atoms with van der Waals surface area (Å²) >= 11 is 1.63.